The predicted octanol–water partition coefficient (Wildman–Crippen LogP) is 5.46. The van der Waals surface area contributed by atoms with E-state index in [0.717, 1.165) is 32.3 Å². The number of aromatic nitrogens is 3. The molecule has 0 unspecified atom stereocenters. The van der Waals surface area contributed by atoms with Crippen LogP contribution < -0.4 is 16.4 Å². The number of fused-ring (bicyclic) bond motifs is 3. The molecule has 5 rings (SSSR count). The number of nitrogens with two attached hydrogens (primary N) is 1. The summed E-state index contributed by atoms with van der Waals surface area (Å²) >= 11 is 7.83. The molecular weight excluding hydrogens is 673 g/mol. The van der Waals surface area contributed by atoms with Gasteiger partial charge < -0.3 is 21.5 Å². The third kappa shape index (κ3) is 7.77. The number of halogens is 2. The van der Waals surface area contributed by atoms with Gasteiger partial charge in [0.25, 0.3) is 0 Å². The summed E-state index contributed by atoms with van der Waals surface area (Å²) in [4.78, 5) is 43.9. The standard InChI is InChI=1S/C34H34ClN7O4S.ClH/c1-18-15-25(16-23(7-5-13-36)29(18)34(45)46)38-27(43)8-6-14-37-28(44)17-26-32-41-40-21(4)42(32)33-30(19(2)20(3)47-33)31(39-26)22-9-11-24(35)12-10-22;/h9-12,15-16,26H,6,8,13-14,17,36H2,1-4H3,(H,37,44)(H,38,43)(H,45,46);1H/t26-;/m0./s1. The quantitative estimate of drug-likeness (QED) is 0.132. The Kier molecular flexibility index (Phi) is 11.8. The Labute approximate surface area is 293 Å². The van der Waals surface area contributed by atoms with Gasteiger partial charge in [0.05, 0.1) is 24.2 Å². The van der Waals surface area contributed by atoms with Crippen LogP contribution in [-0.2, 0) is 9.59 Å². The van der Waals surface area contributed by atoms with Crippen LogP contribution in [-0.4, -0.2) is 56.5 Å². The molecular formula is C34H35Cl2N7O4S. The van der Waals surface area contributed by atoms with E-state index in [-0.39, 0.29) is 61.3 Å². The van der Waals surface area contributed by atoms with Crippen molar-refractivity contribution in [3.8, 4) is 16.8 Å². The number of carbonyl (C=O) groups is 3. The Morgan fingerprint density at radius 3 is 2.50 bits per heavy atom. The average Bonchev–Trinajstić information content (AvgIpc) is 3.50. The Morgan fingerprint density at radius 1 is 1.08 bits per heavy atom. The molecule has 2 aromatic heterocycles. The average molecular weight is 709 g/mol. The van der Waals surface area contributed by atoms with Gasteiger partial charge in [0.15, 0.2) is 5.82 Å². The van der Waals surface area contributed by atoms with Crippen LogP contribution in [0.5, 0.6) is 0 Å². The molecule has 0 aliphatic carbocycles. The van der Waals surface area contributed by atoms with E-state index in [4.69, 9.17) is 22.3 Å². The number of anilines is 1. The number of aryl methyl sites for hydroxylation is 3. The third-order valence-electron chi connectivity index (χ3n) is 7.80. The van der Waals surface area contributed by atoms with Gasteiger partial charge in [-0.2, -0.15) is 0 Å². The molecule has 0 fully saturated rings. The highest BCUT2D eigenvalue weighted by Crippen LogP contribution is 2.39. The molecule has 0 saturated heterocycles. The second kappa shape index (κ2) is 15.6. The Balaban J connectivity index is 0.00000520. The molecule has 0 bridgehead atoms. The molecule has 11 nitrogen and oxygen atoms in total. The van der Waals surface area contributed by atoms with Crippen molar-refractivity contribution in [2.24, 2.45) is 10.7 Å². The topological polar surface area (TPSA) is 165 Å². The highest BCUT2D eigenvalue weighted by atomic mass is 35.5. The SMILES string of the molecule is Cc1cc(NC(=O)CCCNC(=O)C[C@@H]2N=C(c3ccc(Cl)cc3)c3c(sc(C)c3C)-n3c(C)nnc32)cc(C#CCN)c1C(=O)O.Cl. The fourth-order valence-corrected chi connectivity index (χ4v) is 6.81. The van der Waals surface area contributed by atoms with E-state index in [1.165, 1.54) is 6.07 Å². The van der Waals surface area contributed by atoms with Crippen molar-refractivity contribution in [3.05, 3.63) is 91.3 Å². The van der Waals surface area contributed by atoms with Gasteiger partial charge in [-0.1, -0.05) is 35.6 Å². The summed E-state index contributed by atoms with van der Waals surface area (Å²) in [6, 6.07) is 10.0. The summed E-state index contributed by atoms with van der Waals surface area (Å²) in [6.45, 7) is 8.02. The van der Waals surface area contributed by atoms with E-state index in [1.54, 1.807) is 24.3 Å². The lowest BCUT2D eigenvalue weighted by Gasteiger charge is -2.13. The predicted molar refractivity (Wildman–Crippen MR) is 190 cm³/mol. The maximum atomic E-state index is 13.2. The van der Waals surface area contributed by atoms with Crippen LogP contribution in [0.3, 0.4) is 0 Å². The number of thiophene rings is 1. The van der Waals surface area contributed by atoms with E-state index < -0.39 is 12.0 Å². The second-order valence-electron chi connectivity index (χ2n) is 11.1. The number of aliphatic imine (C=N–C) groups is 1. The zero-order valence-electron chi connectivity index (χ0n) is 26.8. The first-order valence-electron chi connectivity index (χ1n) is 15.0. The smallest absolute Gasteiger partial charge is 0.337 e. The molecule has 250 valence electrons. The number of benzene rings is 2. The number of hydrogen-bond donors (Lipinski definition) is 4. The first-order valence-corrected chi connectivity index (χ1v) is 16.2. The zero-order valence-corrected chi connectivity index (χ0v) is 29.2. The Morgan fingerprint density at radius 2 is 1.81 bits per heavy atom. The van der Waals surface area contributed by atoms with E-state index >= 15 is 0 Å². The number of aromatic carboxylic acids is 1. The van der Waals surface area contributed by atoms with Crippen LogP contribution in [0.2, 0.25) is 5.02 Å². The maximum absolute atomic E-state index is 13.2. The third-order valence-corrected chi connectivity index (χ3v) is 9.24. The van der Waals surface area contributed by atoms with Crippen molar-refractivity contribution in [2.45, 2.75) is 53.0 Å². The lowest BCUT2D eigenvalue weighted by atomic mass is 9.99. The van der Waals surface area contributed by atoms with Gasteiger partial charge in [-0.25, -0.2) is 4.79 Å². The maximum Gasteiger partial charge on any atom is 0.337 e. The molecule has 14 heteroatoms. The molecule has 1 aliphatic heterocycles. The van der Waals surface area contributed by atoms with Crippen LogP contribution in [0.1, 0.15) is 80.0 Å². The molecule has 3 heterocycles. The van der Waals surface area contributed by atoms with Crippen molar-refractivity contribution >= 4 is 64.5 Å². The summed E-state index contributed by atoms with van der Waals surface area (Å²) in [7, 11) is 0. The van der Waals surface area contributed by atoms with Gasteiger partial charge in [0.1, 0.15) is 16.9 Å². The molecule has 2 amide bonds. The zero-order chi connectivity index (χ0) is 33.8. The summed E-state index contributed by atoms with van der Waals surface area (Å²) < 4.78 is 1.99. The fraction of sp³-hybridized carbons (Fsp3) is 0.294. The van der Waals surface area contributed by atoms with Crippen molar-refractivity contribution in [2.75, 3.05) is 18.4 Å². The summed E-state index contributed by atoms with van der Waals surface area (Å²) in [5.74, 6) is 5.10. The fourth-order valence-electron chi connectivity index (χ4n) is 5.47. The van der Waals surface area contributed by atoms with Crippen molar-refractivity contribution in [1.82, 2.24) is 20.1 Å². The highest BCUT2D eigenvalue weighted by molar-refractivity contribution is 7.15. The van der Waals surface area contributed by atoms with Gasteiger partial charge in [-0.15, -0.1) is 33.9 Å². The highest BCUT2D eigenvalue weighted by Gasteiger charge is 2.32. The minimum absolute atomic E-state index is 0. The van der Waals surface area contributed by atoms with E-state index in [2.05, 4.69) is 46.5 Å². The lowest BCUT2D eigenvalue weighted by Crippen LogP contribution is -2.27. The van der Waals surface area contributed by atoms with Gasteiger partial charge in [-0.3, -0.25) is 19.1 Å². The van der Waals surface area contributed by atoms with E-state index in [9.17, 15) is 19.5 Å². The minimum Gasteiger partial charge on any atom is -0.478 e. The molecule has 2 aromatic carbocycles. The Bertz CT molecular complexity index is 1970. The Hall–Kier alpha value is -4.54. The second-order valence-corrected chi connectivity index (χ2v) is 12.8. The molecule has 5 N–H and O–H groups in total. The molecule has 1 aliphatic rings. The lowest BCUT2D eigenvalue weighted by molar-refractivity contribution is -0.122. The molecule has 0 spiro atoms. The molecule has 1 atom stereocenters. The van der Waals surface area contributed by atoms with Crippen LogP contribution in [0.4, 0.5) is 5.69 Å². The monoisotopic (exact) mass is 707 g/mol. The number of nitrogens with one attached hydrogen (secondary N) is 2. The number of nitrogens with zero attached hydrogens (tertiary/aromatic N) is 4. The molecule has 4 aromatic rings. The molecule has 0 radical (unpaired) electrons. The van der Waals surface area contributed by atoms with Crippen molar-refractivity contribution in [3.63, 3.8) is 0 Å². The van der Waals surface area contributed by atoms with Gasteiger partial charge in [0.2, 0.25) is 11.8 Å². The molecule has 48 heavy (non-hydrogen) atoms. The van der Waals surface area contributed by atoms with Gasteiger partial charge in [-0.05, 0) is 69.5 Å². The van der Waals surface area contributed by atoms with Crippen LogP contribution in [0, 0.1) is 39.5 Å². The van der Waals surface area contributed by atoms with Crippen LogP contribution >= 0.6 is 35.3 Å². The van der Waals surface area contributed by atoms with Crippen LogP contribution in [0.25, 0.3) is 5.00 Å². The normalized spacial score (nSPS) is 13.1. The number of carbonyl (C=O) groups excluding carboxylic acids is 2. The van der Waals surface area contributed by atoms with Crippen LogP contribution in [0.15, 0.2) is 41.4 Å². The first-order chi connectivity index (χ1) is 22.5. The summed E-state index contributed by atoms with van der Waals surface area (Å²) in [6.07, 6.45) is 0.563. The van der Waals surface area contributed by atoms with E-state index in [0.29, 0.717) is 34.3 Å². The largest absolute Gasteiger partial charge is 0.478 e. The summed E-state index contributed by atoms with van der Waals surface area (Å²) in [5.41, 5.74) is 10.4. The van der Waals surface area contributed by atoms with Crippen molar-refractivity contribution in [1.29, 1.82) is 0 Å². The number of rotatable bonds is 9. The first kappa shape index (κ1) is 36.3. The number of carboxylic acids is 1. The van der Waals surface area contributed by atoms with Gasteiger partial charge >= 0.3 is 5.97 Å². The minimum atomic E-state index is -1.11. The van der Waals surface area contributed by atoms with E-state index in [1.807, 2.05) is 35.8 Å². The summed E-state index contributed by atoms with van der Waals surface area (Å²) in [5, 5.41) is 25.6. The number of amides is 2. The van der Waals surface area contributed by atoms with Gasteiger partial charge in [0, 0.05) is 45.2 Å². The number of hydrogen-bond acceptors (Lipinski definition) is 8. The number of carboxylic acid groups (broad SMARTS) is 1. The molecule has 0 saturated carbocycles. The van der Waals surface area contributed by atoms with Crippen molar-refractivity contribution < 1.29 is 19.5 Å².